The molecule has 1 atom stereocenters. The van der Waals surface area contributed by atoms with E-state index in [0.717, 1.165) is 25.2 Å². The number of H-pyrrole nitrogens is 1. The lowest BCUT2D eigenvalue weighted by atomic mass is 9.75. The number of anilines is 1. The van der Waals surface area contributed by atoms with Crippen LogP contribution in [0.5, 0.6) is 0 Å². The summed E-state index contributed by atoms with van der Waals surface area (Å²) in [4.78, 5) is 12.6. The van der Waals surface area contributed by atoms with Gasteiger partial charge in [0.15, 0.2) is 5.82 Å². The Hall–Kier alpha value is -1.36. The Bertz CT molecular complexity index is 478. The molecule has 0 spiro atoms. The lowest BCUT2D eigenvalue weighted by Crippen LogP contribution is -2.42. The molecule has 3 N–H and O–H groups in total. The number of rotatable bonds is 3. The fraction of sp³-hybridized carbons (Fsp3) is 0.733. The molecule has 5 nitrogen and oxygen atoms in total. The monoisotopic (exact) mass is 278 g/mol. The van der Waals surface area contributed by atoms with Crippen molar-refractivity contribution >= 4 is 11.7 Å². The molecule has 1 aromatic heterocycles. The normalized spacial score (nSPS) is 23.3. The molecule has 1 aliphatic rings. The number of amides is 1. The molecule has 0 aromatic carbocycles. The summed E-state index contributed by atoms with van der Waals surface area (Å²) in [5.74, 6) is 0.995. The minimum Gasteiger partial charge on any atom is -0.316 e. The average Bonchev–Trinajstić information content (AvgIpc) is 2.96. The van der Waals surface area contributed by atoms with Gasteiger partial charge in [-0.25, -0.2) is 0 Å². The third-order valence-electron chi connectivity index (χ3n) is 4.37. The first kappa shape index (κ1) is 15.0. The third-order valence-corrected chi connectivity index (χ3v) is 4.37. The predicted molar refractivity (Wildman–Crippen MR) is 80.7 cm³/mol. The van der Waals surface area contributed by atoms with Gasteiger partial charge in [-0.2, -0.15) is 5.10 Å². The zero-order chi connectivity index (χ0) is 15.0. The van der Waals surface area contributed by atoms with Crippen molar-refractivity contribution in [3.05, 3.63) is 11.8 Å². The lowest BCUT2D eigenvalue weighted by Gasteiger charge is -2.30. The van der Waals surface area contributed by atoms with Crippen LogP contribution in [0.2, 0.25) is 0 Å². The van der Waals surface area contributed by atoms with Crippen LogP contribution >= 0.6 is 0 Å². The minimum atomic E-state index is -0.319. The van der Waals surface area contributed by atoms with Crippen LogP contribution in [0.15, 0.2) is 6.07 Å². The van der Waals surface area contributed by atoms with Crippen LogP contribution in [0.4, 0.5) is 5.82 Å². The first-order valence-corrected chi connectivity index (χ1v) is 7.34. The number of nitrogens with zero attached hydrogens (tertiary/aromatic N) is 1. The fourth-order valence-corrected chi connectivity index (χ4v) is 2.67. The summed E-state index contributed by atoms with van der Waals surface area (Å²) in [6, 6.07) is 1.92. The quantitative estimate of drug-likeness (QED) is 0.794. The number of hydrogen-bond donors (Lipinski definition) is 3. The van der Waals surface area contributed by atoms with Crippen LogP contribution in [0.1, 0.15) is 46.7 Å². The third kappa shape index (κ3) is 2.73. The number of nitrogens with one attached hydrogen (secondary N) is 3. The highest BCUT2D eigenvalue weighted by Crippen LogP contribution is 2.35. The first-order valence-electron chi connectivity index (χ1n) is 7.34. The SMILES string of the molecule is CC(C)C1(C(=O)Nc2cc(C(C)(C)C)[nH]n2)CCNC1. The number of hydrogen-bond acceptors (Lipinski definition) is 3. The predicted octanol–water partition coefficient (Wildman–Crippen LogP) is 2.28. The Kier molecular flexibility index (Phi) is 3.91. The van der Waals surface area contributed by atoms with Gasteiger partial charge in [-0.15, -0.1) is 0 Å². The fourth-order valence-electron chi connectivity index (χ4n) is 2.67. The van der Waals surface area contributed by atoms with Crippen LogP contribution in [-0.4, -0.2) is 29.2 Å². The van der Waals surface area contributed by atoms with Gasteiger partial charge >= 0.3 is 0 Å². The van der Waals surface area contributed by atoms with Gasteiger partial charge in [0.2, 0.25) is 5.91 Å². The zero-order valence-electron chi connectivity index (χ0n) is 13.1. The van der Waals surface area contributed by atoms with Crippen molar-refractivity contribution in [3.8, 4) is 0 Å². The molecule has 2 heterocycles. The van der Waals surface area contributed by atoms with Crippen molar-refractivity contribution in [3.63, 3.8) is 0 Å². The van der Waals surface area contributed by atoms with Crippen LogP contribution in [0, 0.1) is 11.3 Å². The number of aromatic amines is 1. The van der Waals surface area contributed by atoms with E-state index in [1.165, 1.54) is 0 Å². The van der Waals surface area contributed by atoms with Gasteiger partial charge in [-0.3, -0.25) is 9.89 Å². The topological polar surface area (TPSA) is 69.8 Å². The molecule has 112 valence electrons. The minimum absolute atomic E-state index is 0.000622. The van der Waals surface area contributed by atoms with E-state index in [2.05, 4.69) is 55.4 Å². The molecular formula is C15H26N4O. The van der Waals surface area contributed by atoms with Crippen molar-refractivity contribution in [2.24, 2.45) is 11.3 Å². The second kappa shape index (κ2) is 5.20. The summed E-state index contributed by atoms with van der Waals surface area (Å²) in [5, 5.41) is 13.5. The van der Waals surface area contributed by atoms with E-state index >= 15 is 0 Å². The van der Waals surface area contributed by atoms with Crippen molar-refractivity contribution in [1.29, 1.82) is 0 Å². The van der Waals surface area contributed by atoms with E-state index in [0.29, 0.717) is 11.7 Å². The molecule has 20 heavy (non-hydrogen) atoms. The molecule has 2 rings (SSSR count). The molecule has 0 saturated carbocycles. The van der Waals surface area contributed by atoms with E-state index in [1.54, 1.807) is 0 Å². The van der Waals surface area contributed by atoms with Gasteiger partial charge in [0.25, 0.3) is 0 Å². The second-order valence-corrected chi connectivity index (χ2v) is 7.11. The van der Waals surface area contributed by atoms with Crippen LogP contribution in [0.25, 0.3) is 0 Å². The summed E-state index contributed by atoms with van der Waals surface area (Å²) in [5.41, 5.74) is 0.706. The number of carbonyl (C=O) groups is 1. The molecule has 1 aromatic rings. The van der Waals surface area contributed by atoms with Crippen LogP contribution < -0.4 is 10.6 Å². The van der Waals surface area contributed by atoms with Gasteiger partial charge in [-0.1, -0.05) is 34.6 Å². The van der Waals surface area contributed by atoms with Crippen molar-refractivity contribution in [2.75, 3.05) is 18.4 Å². The lowest BCUT2D eigenvalue weighted by molar-refractivity contribution is -0.126. The van der Waals surface area contributed by atoms with Gasteiger partial charge in [0, 0.05) is 23.7 Å². The Balaban J connectivity index is 2.13. The van der Waals surface area contributed by atoms with Gasteiger partial charge in [0.1, 0.15) is 0 Å². The Morgan fingerprint density at radius 1 is 1.45 bits per heavy atom. The maximum absolute atomic E-state index is 12.6. The highest BCUT2D eigenvalue weighted by atomic mass is 16.2. The van der Waals surface area contributed by atoms with Crippen molar-refractivity contribution in [2.45, 2.75) is 46.5 Å². The Morgan fingerprint density at radius 3 is 2.60 bits per heavy atom. The molecule has 1 unspecified atom stereocenters. The standard InChI is InChI=1S/C15H26N4O/c1-10(2)15(6-7-16-9-15)13(20)17-12-8-11(18-19-12)14(3,4)5/h8,10,16H,6-7,9H2,1-5H3,(H2,17,18,19,20). The maximum Gasteiger partial charge on any atom is 0.233 e. The van der Waals surface area contributed by atoms with E-state index in [4.69, 9.17) is 0 Å². The number of carbonyl (C=O) groups excluding carboxylic acids is 1. The van der Waals surface area contributed by atoms with Crippen molar-refractivity contribution < 1.29 is 4.79 Å². The molecule has 1 fully saturated rings. The summed E-state index contributed by atoms with van der Waals surface area (Å²) in [6.07, 6.45) is 0.882. The number of aromatic nitrogens is 2. The van der Waals surface area contributed by atoms with Gasteiger partial charge in [0.05, 0.1) is 5.41 Å². The molecule has 5 heteroatoms. The van der Waals surface area contributed by atoms with Crippen LogP contribution in [-0.2, 0) is 10.2 Å². The van der Waals surface area contributed by atoms with E-state index in [9.17, 15) is 4.79 Å². The maximum atomic E-state index is 12.6. The molecule has 0 bridgehead atoms. The van der Waals surface area contributed by atoms with E-state index in [-0.39, 0.29) is 16.7 Å². The highest BCUT2D eigenvalue weighted by molar-refractivity contribution is 5.95. The zero-order valence-corrected chi connectivity index (χ0v) is 13.1. The molecule has 0 radical (unpaired) electrons. The van der Waals surface area contributed by atoms with Gasteiger partial charge in [-0.05, 0) is 18.9 Å². The highest BCUT2D eigenvalue weighted by Gasteiger charge is 2.44. The summed E-state index contributed by atoms with van der Waals surface area (Å²) >= 11 is 0. The van der Waals surface area contributed by atoms with E-state index < -0.39 is 0 Å². The largest absolute Gasteiger partial charge is 0.316 e. The molecule has 1 aliphatic heterocycles. The molecule has 1 amide bonds. The summed E-state index contributed by atoms with van der Waals surface area (Å²) in [7, 11) is 0. The second-order valence-electron chi connectivity index (χ2n) is 7.11. The van der Waals surface area contributed by atoms with Crippen LogP contribution in [0.3, 0.4) is 0 Å². The smallest absolute Gasteiger partial charge is 0.233 e. The van der Waals surface area contributed by atoms with Gasteiger partial charge < -0.3 is 10.6 Å². The Morgan fingerprint density at radius 2 is 2.15 bits per heavy atom. The average molecular weight is 278 g/mol. The summed E-state index contributed by atoms with van der Waals surface area (Å²) in [6.45, 7) is 12.2. The molecule has 0 aliphatic carbocycles. The molecular weight excluding hydrogens is 252 g/mol. The molecule has 1 saturated heterocycles. The van der Waals surface area contributed by atoms with E-state index in [1.807, 2.05) is 6.07 Å². The Labute approximate surface area is 120 Å². The van der Waals surface area contributed by atoms with Crippen molar-refractivity contribution in [1.82, 2.24) is 15.5 Å². The summed E-state index contributed by atoms with van der Waals surface area (Å²) < 4.78 is 0. The first-order chi connectivity index (χ1) is 9.25.